The minimum atomic E-state index is -2.00. The van der Waals surface area contributed by atoms with E-state index in [2.05, 4.69) is 63.0 Å². The molecule has 0 bridgehead atoms. The van der Waals surface area contributed by atoms with Gasteiger partial charge in [0.1, 0.15) is 12.1 Å². The first-order chi connectivity index (χ1) is 20.8. The summed E-state index contributed by atoms with van der Waals surface area (Å²) in [6.45, 7) is 8.71. The van der Waals surface area contributed by atoms with Crippen molar-refractivity contribution in [2.75, 3.05) is 20.1 Å². The summed E-state index contributed by atoms with van der Waals surface area (Å²) in [7, 11) is 4.15. The standard InChI is InChI=1S/C33H44BrN5O5/c1-17(2)13-25-30(41)38-12-8-11-26(38)33(43)39(25)31(42)32(44-33,18(3)4)35-29(40)19-14-21-20-9-7-10-23-27(20)22(28(34)37(23)6)15-24(21)36(5)16-19/h7,9-10,17-19,21,24-26,43H,8,11-16H2,1-6H3,(H,35,40)/t19-,21-,24-,25+,26+,32-,33+/m1/s1. The highest BCUT2D eigenvalue weighted by Gasteiger charge is 2.72. The van der Waals surface area contributed by atoms with Crippen LogP contribution in [0.25, 0.3) is 10.9 Å². The van der Waals surface area contributed by atoms with E-state index in [9.17, 15) is 19.5 Å². The average Bonchev–Trinajstić information content (AvgIpc) is 3.63. The number of nitrogens with zero attached hydrogens (tertiary/aromatic N) is 4. The highest BCUT2D eigenvalue weighted by Crippen LogP contribution is 2.50. The summed E-state index contributed by atoms with van der Waals surface area (Å²) >= 11 is 3.82. The topological polar surface area (TPSA) is 107 Å². The molecule has 2 N–H and O–H groups in total. The molecule has 0 spiro atoms. The fraction of sp³-hybridized carbons (Fsp3) is 0.667. The number of hydrogen-bond donors (Lipinski definition) is 2. The van der Waals surface area contributed by atoms with Crippen molar-refractivity contribution < 1.29 is 24.2 Å². The number of carbonyl (C=O) groups is 3. The summed E-state index contributed by atoms with van der Waals surface area (Å²) in [6.07, 6.45) is 3.20. The molecule has 10 nitrogen and oxygen atoms in total. The summed E-state index contributed by atoms with van der Waals surface area (Å²) in [5.74, 6) is -3.54. The normalized spacial score (nSPS) is 35.1. The van der Waals surface area contributed by atoms with E-state index in [0.29, 0.717) is 32.4 Å². The number of piperidine rings is 1. The van der Waals surface area contributed by atoms with E-state index in [1.807, 2.05) is 27.7 Å². The number of nitrogens with one attached hydrogen (secondary N) is 1. The third-order valence-electron chi connectivity index (χ3n) is 11.1. The molecule has 4 aliphatic heterocycles. The molecule has 0 unspecified atom stereocenters. The van der Waals surface area contributed by atoms with Crippen molar-refractivity contribution in [1.29, 1.82) is 0 Å². The quantitative estimate of drug-likeness (QED) is 0.506. The number of aromatic nitrogens is 1. The fourth-order valence-corrected chi connectivity index (χ4v) is 9.48. The maximum Gasteiger partial charge on any atom is 0.281 e. The maximum absolute atomic E-state index is 14.5. The van der Waals surface area contributed by atoms with Gasteiger partial charge in [0, 0.05) is 48.9 Å². The molecule has 1 aromatic heterocycles. The molecule has 4 saturated heterocycles. The average molecular weight is 671 g/mol. The third-order valence-corrected chi connectivity index (χ3v) is 12.1. The summed E-state index contributed by atoms with van der Waals surface area (Å²) in [5, 5.41) is 16.5. The molecule has 2 aromatic rings. The van der Waals surface area contributed by atoms with Gasteiger partial charge in [-0.3, -0.25) is 24.0 Å². The van der Waals surface area contributed by atoms with Crippen LogP contribution < -0.4 is 5.32 Å². The molecule has 3 amide bonds. The number of hydrogen-bond acceptors (Lipinski definition) is 6. The Morgan fingerprint density at radius 2 is 1.95 bits per heavy atom. The highest BCUT2D eigenvalue weighted by molar-refractivity contribution is 9.10. The number of likely N-dealkylation sites (tertiary alicyclic amines) is 1. The monoisotopic (exact) mass is 669 g/mol. The number of fused-ring (bicyclic) bond motifs is 5. The minimum absolute atomic E-state index is 0.111. The zero-order chi connectivity index (χ0) is 31.5. The first-order valence-electron chi connectivity index (χ1n) is 16.1. The number of aryl methyl sites for hydroxylation is 1. The van der Waals surface area contributed by atoms with Crippen LogP contribution in [0.1, 0.15) is 70.4 Å². The second kappa shape index (κ2) is 10.3. The number of benzene rings is 1. The lowest BCUT2D eigenvalue weighted by Gasteiger charge is -2.49. The Kier molecular flexibility index (Phi) is 7.05. The van der Waals surface area contributed by atoms with Crippen LogP contribution in [-0.2, 0) is 32.6 Å². The number of carbonyl (C=O) groups excluding carboxylic acids is 3. The van der Waals surface area contributed by atoms with E-state index in [1.54, 1.807) is 4.90 Å². The van der Waals surface area contributed by atoms with Gasteiger partial charge in [0.25, 0.3) is 11.8 Å². The van der Waals surface area contributed by atoms with Crippen LogP contribution in [0.3, 0.4) is 0 Å². The van der Waals surface area contributed by atoms with Crippen LogP contribution in [-0.4, -0.2) is 92.0 Å². The van der Waals surface area contributed by atoms with Crippen LogP contribution >= 0.6 is 15.9 Å². The number of amides is 3. The number of aliphatic hydroxyl groups is 1. The number of piperazine rings is 1. The van der Waals surface area contributed by atoms with E-state index >= 15 is 0 Å². The lowest BCUT2D eigenvalue weighted by molar-refractivity contribution is -0.322. The predicted molar refractivity (Wildman–Crippen MR) is 168 cm³/mol. The van der Waals surface area contributed by atoms with Crippen molar-refractivity contribution >= 4 is 44.6 Å². The van der Waals surface area contributed by atoms with E-state index in [1.165, 1.54) is 26.9 Å². The Bertz CT molecular complexity index is 1560. The van der Waals surface area contributed by atoms with Crippen molar-refractivity contribution in [3.63, 3.8) is 0 Å². The molecule has 1 aromatic carbocycles. The summed E-state index contributed by atoms with van der Waals surface area (Å²) < 4.78 is 9.77. The molecule has 7 rings (SSSR count). The molecular weight excluding hydrogens is 626 g/mol. The van der Waals surface area contributed by atoms with Crippen molar-refractivity contribution in [3.8, 4) is 0 Å². The van der Waals surface area contributed by atoms with Gasteiger partial charge in [-0.25, -0.2) is 0 Å². The second-order valence-corrected chi connectivity index (χ2v) is 15.2. The Labute approximate surface area is 267 Å². The van der Waals surface area contributed by atoms with Gasteiger partial charge < -0.3 is 24.8 Å². The molecule has 44 heavy (non-hydrogen) atoms. The Balaban J connectivity index is 1.21. The van der Waals surface area contributed by atoms with Crippen molar-refractivity contribution in [2.24, 2.45) is 24.8 Å². The van der Waals surface area contributed by atoms with Gasteiger partial charge in [-0.05, 0) is 78.2 Å². The lowest BCUT2D eigenvalue weighted by atomic mass is 9.72. The first-order valence-corrected chi connectivity index (χ1v) is 16.9. The molecule has 11 heteroatoms. The van der Waals surface area contributed by atoms with E-state index in [0.717, 1.165) is 17.4 Å². The largest absolute Gasteiger partial charge is 0.347 e. The van der Waals surface area contributed by atoms with Crippen LogP contribution in [0.5, 0.6) is 0 Å². The van der Waals surface area contributed by atoms with Crippen LogP contribution in [0.4, 0.5) is 0 Å². The van der Waals surface area contributed by atoms with E-state index < -0.39 is 35.5 Å². The molecule has 5 aliphatic rings. The summed E-state index contributed by atoms with van der Waals surface area (Å²) in [5.41, 5.74) is 1.97. The number of halogens is 1. The summed E-state index contributed by atoms with van der Waals surface area (Å²) in [6, 6.07) is 5.17. The molecule has 7 atom stereocenters. The minimum Gasteiger partial charge on any atom is -0.347 e. The lowest BCUT2D eigenvalue weighted by Crippen LogP contribution is -2.71. The third kappa shape index (κ3) is 4.04. The van der Waals surface area contributed by atoms with E-state index in [4.69, 9.17) is 4.74 Å². The van der Waals surface area contributed by atoms with E-state index in [-0.39, 0.29) is 35.6 Å². The van der Waals surface area contributed by atoms with Gasteiger partial charge in [0.05, 0.1) is 10.5 Å². The highest BCUT2D eigenvalue weighted by atomic mass is 79.9. The van der Waals surface area contributed by atoms with Gasteiger partial charge in [0.2, 0.25) is 17.5 Å². The zero-order valence-corrected chi connectivity index (χ0v) is 28.1. The number of ether oxygens (including phenoxy) is 1. The van der Waals surface area contributed by atoms with Gasteiger partial charge in [-0.1, -0.05) is 39.8 Å². The van der Waals surface area contributed by atoms with Gasteiger partial charge in [-0.15, -0.1) is 0 Å². The van der Waals surface area contributed by atoms with Crippen molar-refractivity contribution in [3.05, 3.63) is 33.9 Å². The Morgan fingerprint density at radius 3 is 2.66 bits per heavy atom. The predicted octanol–water partition coefficient (Wildman–Crippen LogP) is 3.29. The Hall–Kier alpha value is -2.47. The van der Waals surface area contributed by atoms with Crippen LogP contribution in [0, 0.1) is 17.8 Å². The molecule has 1 aliphatic carbocycles. The molecular formula is C33H44BrN5O5. The molecule has 5 heterocycles. The molecule has 0 saturated carbocycles. The van der Waals surface area contributed by atoms with Crippen molar-refractivity contribution in [1.82, 2.24) is 24.6 Å². The van der Waals surface area contributed by atoms with Gasteiger partial charge >= 0.3 is 0 Å². The number of rotatable bonds is 5. The van der Waals surface area contributed by atoms with Crippen LogP contribution in [0.15, 0.2) is 22.8 Å². The van der Waals surface area contributed by atoms with Crippen LogP contribution in [0.2, 0.25) is 0 Å². The zero-order valence-electron chi connectivity index (χ0n) is 26.5. The number of likely N-dealkylation sites (N-methyl/N-ethyl adjacent to an activating group) is 1. The molecule has 238 valence electrons. The maximum atomic E-state index is 14.5. The second-order valence-electron chi connectivity index (χ2n) is 14.5. The summed E-state index contributed by atoms with van der Waals surface area (Å²) in [4.78, 5) is 47.7. The molecule has 4 fully saturated rings. The SMILES string of the molecule is CC(C)C[C@H]1C(=O)N2CCC[C@H]2[C@]2(O)O[C@](NC(=O)[C@@H]3C[C@@H]4c5cccc6c5c(c(Br)n6C)C[C@H]4N(C)C3)(C(C)C)C(=O)N12. The molecule has 0 radical (unpaired) electrons. The first kappa shape index (κ1) is 30.2. The fourth-order valence-electron chi connectivity index (χ4n) is 8.93. The van der Waals surface area contributed by atoms with Crippen molar-refractivity contribution in [2.45, 2.75) is 95.5 Å². The smallest absolute Gasteiger partial charge is 0.281 e. The van der Waals surface area contributed by atoms with Gasteiger partial charge in [0.15, 0.2) is 0 Å². The van der Waals surface area contributed by atoms with Gasteiger partial charge in [-0.2, -0.15) is 0 Å². The Morgan fingerprint density at radius 1 is 1.20 bits per heavy atom.